The van der Waals surface area contributed by atoms with Gasteiger partial charge in [-0.1, -0.05) is 6.07 Å². The molecule has 19 heavy (non-hydrogen) atoms. The fourth-order valence-electron chi connectivity index (χ4n) is 2.78. The van der Waals surface area contributed by atoms with E-state index >= 15 is 0 Å². The number of rotatable bonds is 2. The van der Waals surface area contributed by atoms with Gasteiger partial charge in [0.2, 0.25) is 0 Å². The lowest BCUT2D eigenvalue weighted by atomic mass is 9.98. The molecule has 1 fully saturated rings. The van der Waals surface area contributed by atoms with E-state index in [4.69, 9.17) is 0 Å². The largest absolute Gasteiger partial charge is 0.377 e. The van der Waals surface area contributed by atoms with Crippen molar-refractivity contribution >= 4 is 11.4 Å². The van der Waals surface area contributed by atoms with Crippen molar-refractivity contribution in [2.45, 2.75) is 39.3 Å². The molecule has 0 spiro atoms. The second-order valence-electron chi connectivity index (χ2n) is 6.61. The van der Waals surface area contributed by atoms with Gasteiger partial charge in [0.1, 0.15) is 0 Å². The van der Waals surface area contributed by atoms with Gasteiger partial charge in [0, 0.05) is 50.1 Å². The molecule has 1 aromatic carbocycles. The predicted molar refractivity (Wildman–Crippen MR) is 84.4 cm³/mol. The van der Waals surface area contributed by atoms with Crippen molar-refractivity contribution in [1.82, 2.24) is 5.32 Å². The van der Waals surface area contributed by atoms with Crippen LogP contribution >= 0.6 is 0 Å². The summed E-state index contributed by atoms with van der Waals surface area (Å²) in [6.45, 7) is 11.1. The van der Waals surface area contributed by atoms with E-state index in [0.717, 1.165) is 13.1 Å². The molecule has 2 rings (SSSR count). The zero-order chi connectivity index (χ0) is 14.2. The molecule has 0 amide bonds. The average Bonchev–Trinajstić information content (AvgIpc) is 2.33. The normalized spacial score (nSPS) is 22.4. The van der Waals surface area contributed by atoms with Gasteiger partial charge in [-0.05, 0) is 45.4 Å². The topological polar surface area (TPSA) is 18.5 Å². The van der Waals surface area contributed by atoms with Gasteiger partial charge in [0.25, 0.3) is 0 Å². The van der Waals surface area contributed by atoms with E-state index in [9.17, 15) is 0 Å². The first kappa shape index (κ1) is 14.2. The molecule has 1 aromatic rings. The molecule has 1 heterocycles. The Kier molecular flexibility index (Phi) is 3.77. The lowest BCUT2D eigenvalue weighted by Gasteiger charge is -2.45. The Morgan fingerprint density at radius 1 is 1.32 bits per heavy atom. The number of nitrogens with zero attached hydrogens (tertiary/aromatic N) is 2. The van der Waals surface area contributed by atoms with Crippen LogP contribution in [-0.2, 0) is 0 Å². The van der Waals surface area contributed by atoms with Crippen LogP contribution in [0.3, 0.4) is 0 Å². The highest BCUT2D eigenvalue weighted by atomic mass is 15.2. The predicted octanol–water partition coefficient (Wildman–Crippen LogP) is 2.64. The van der Waals surface area contributed by atoms with Crippen molar-refractivity contribution < 1.29 is 0 Å². The molecular formula is C16H27N3. The summed E-state index contributed by atoms with van der Waals surface area (Å²) in [5.41, 5.74) is 4.14. The van der Waals surface area contributed by atoms with Gasteiger partial charge >= 0.3 is 0 Å². The number of aryl methyl sites for hydroxylation is 1. The molecule has 3 heteroatoms. The van der Waals surface area contributed by atoms with Gasteiger partial charge in [0.15, 0.2) is 0 Å². The van der Waals surface area contributed by atoms with Crippen LogP contribution in [0.2, 0.25) is 0 Å². The third-order valence-electron chi connectivity index (χ3n) is 3.98. The van der Waals surface area contributed by atoms with E-state index in [2.05, 4.69) is 75.1 Å². The molecule has 0 aliphatic carbocycles. The smallest absolute Gasteiger partial charge is 0.0411 e. The highest BCUT2D eigenvalue weighted by molar-refractivity contribution is 5.63. The van der Waals surface area contributed by atoms with Crippen molar-refractivity contribution in [3.63, 3.8) is 0 Å². The van der Waals surface area contributed by atoms with Gasteiger partial charge in [-0.2, -0.15) is 0 Å². The minimum absolute atomic E-state index is 0.176. The van der Waals surface area contributed by atoms with Gasteiger partial charge in [-0.3, -0.25) is 0 Å². The van der Waals surface area contributed by atoms with Crippen molar-refractivity contribution in [3.05, 3.63) is 23.8 Å². The zero-order valence-electron chi connectivity index (χ0n) is 13.1. The van der Waals surface area contributed by atoms with E-state index in [1.165, 1.54) is 16.9 Å². The molecule has 106 valence electrons. The van der Waals surface area contributed by atoms with Crippen LogP contribution in [0.1, 0.15) is 26.3 Å². The van der Waals surface area contributed by atoms with Gasteiger partial charge in [-0.15, -0.1) is 0 Å². The van der Waals surface area contributed by atoms with Crippen molar-refractivity contribution in [2.24, 2.45) is 0 Å². The summed E-state index contributed by atoms with van der Waals surface area (Å²) in [5, 5.41) is 3.60. The van der Waals surface area contributed by atoms with Crippen molar-refractivity contribution in [3.8, 4) is 0 Å². The van der Waals surface area contributed by atoms with Crippen LogP contribution < -0.4 is 15.1 Å². The highest BCUT2D eigenvalue weighted by Crippen LogP contribution is 2.29. The molecule has 1 aliphatic rings. The maximum atomic E-state index is 3.60. The summed E-state index contributed by atoms with van der Waals surface area (Å²) in [4.78, 5) is 4.71. The maximum absolute atomic E-state index is 3.60. The van der Waals surface area contributed by atoms with E-state index < -0.39 is 0 Å². The lowest BCUT2D eigenvalue weighted by molar-refractivity contribution is 0.318. The molecule has 1 unspecified atom stereocenters. The van der Waals surface area contributed by atoms with Crippen LogP contribution in [0.25, 0.3) is 0 Å². The lowest BCUT2D eigenvalue weighted by Crippen LogP contribution is -2.61. The van der Waals surface area contributed by atoms with Crippen LogP contribution in [0.4, 0.5) is 11.4 Å². The highest BCUT2D eigenvalue weighted by Gasteiger charge is 2.30. The minimum Gasteiger partial charge on any atom is -0.377 e. The standard InChI is InChI=1S/C16H27N3/c1-12-7-8-14(9-15(12)18(5)6)19-11-16(3,4)17-10-13(19)2/h7-9,13,17H,10-11H2,1-6H3. The molecule has 1 saturated heterocycles. The quantitative estimate of drug-likeness (QED) is 0.883. The third kappa shape index (κ3) is 3.03. The fourth-order valence-corrected chi connectivity index (χ4v) is 2.78. The summed E-state index contributed by atoms with van der Waals surface area (Å²) < 4.78 is 0. The number of anilines is 2. The monoisotopic (exact) mass is 261 g/mol. The van der Waals surface area contributed by atoms with E-state index in [0.29, 0.717) is 6.04 Å². The van der Waals surface area contributed by atoms with Crippen LogP contribution in [0, 0.1) is 6.92 Å². The van der Waals surface area contributed by atoms with Gasteiger partial charge < -0.3 is 15.1 Å². The summed E-state index contributed by atoms with van der Waals surface area (Å²) in [5.74, 6) is 0. The fraction of sp³-hybridized carbons (Fsp3) is 0.625. The minimum atomic E-state index is 0.176. The SMILES string of the molecule is Cc1ccc(N2CC(C)(C)NCC2C)cc1N(C)C. The van der Waals surface area contributed by atoms with Gasteiger partial charge in [-0.25, -0.2) is 0 Å². The molecule has 1 aliphatic heterocycles. The summed E-state index contributed by atoms with van der Waals surface area (Å²) >= 11 is 0. The number of nitrogens with one attached hydrogen (secondary N) is 1. The number of hydrogen-bond acceptors (Lipinski definition) is 3. The van der Waals surface area contributed by atoms with E-state index in [-0.39, 0.29) is 5.54 Å². The Morgan fingerprint density at radius 3 is 2.63 bits per heavy atom. The van der Waals surface area contributed by atoms with E-state index in [1.807, 2.05) is 0 Å². The second kappa shape index (κ2) is 5.04. The van der Waals surface area contributed by atoms with E-state index in [1.54, 1.807) is 0 Å². The van der Waals surface area contributed by atoms with Crippen LogP contribution in [0.15, 0.2) is 18.2 Å². The first-order chi connectivity index (χ1) is 8.80. The molecule has 0 saturated carbocycles. The number of piperazine rings is 1. The first-order valence-electron chi connectivity index (χ1n) is 7.10. The second-order valence-corrected chi connectivity index (χ2v) is 6.61. The summed E-state index contributed by atoms with van der Waals surface area (Å²) in [6, 6.07) is 7.32. The zero-order valence-corrected chi connectivity index (χ0v) is 13.1. The summed E-state index contributed by atoms with van der Waals surface area (Å²) in [6.07, 6.45) is 0. The first-order valence-corrected chi connectivity index (χ1v) is 7.10. The van der Waals surface area contributed by atoms with Crippen molar-refractivity contribution in [1.29, 1.82) is 0 Å². The Labute approximate surface area is 117 Å². The number of hydrogen-bond donors (Lipinski definition) is 1. The van der Waals surface area contributed by atoms with Crippen LogP contribution in [0.5, 0.6) is 0 Å². The molecule has 1 atom stereocenters. The van der Waals surface area contributed by atoms with Gasteiger partial charge in [0.05, 0.1) is 0 Å². The Bertz CT molecular complexity index is 451. The van der Waals surface area contributed by atoms with Crippen molar-refractivity contribution in [2.75, 3.05) is 37.0 Å². The maximum Gasteiger partial charge on any atom is 0.0411 e. The third-order valence-corrected chi connectivity index (χ3v) is 3.98. The Hall–Kier alpha value is -1.22. The summed E-state index contributed by atoms with van der Waals surface area (Å²) in [7, 11) is 4.22. The average molecular weight is 261 g/mol. The molecular weight excluding hydrogens is 234 g/mol. The molecule has 0 radical (unpaired) electrons. The molecule has 1 N–H and O–H groups in total. The Balaban J connectivity index is 2.32. The molecule has 3 nitrogen and oxygen atoms in total. The number of benzene rings is 1. The molecule has 0 aromatic heterocycles. The van der Waals surface area contributed by atoms with Crippen LogP contribution in [-0.4, -0.2) is 38.8 Å². The Morgan fingerprint density at radius 2 is 2.00 bits per heavy atom. The molecule has 0 bridgehead atoms.